The molecule has 110 valence electrons. The molecule has 0 unspecified atom stereocenters. The van der Waals surface area contributed by atoms with E-state index in [0.717, 1.165) is 31.4 Å². The Hall–Kier alpha value is -0.760. The third-order valence-corrected chi connectivity index (χ3v) is 4.90. The molecule has 0 aliphatic heterocycles. The number of benzene rings is 1. The van der Waals surface area contributed by atoms with Gasteiger partial charge in [-0.15, -0.1) is 0 Å². The van der Waals surface area contributed by atoms with Crippen LogP contribution in [0.2, 0.25) is 0 Å². The molecule has 0 atom stereocenters. The van der Waals surface area contributed by atoms with Crippen LogP contribution < -0.4 is 0 Å². The molecule has 0 saturated carbocycles. The van der Waals surface area contributed by atoms with Crippen molar-refractivity contribution in [2.24, 2.45) is 0 Å². The average molecular weight is 331 g/mol. The van der Waals surface area contributed by atoms with Gasteiger partial charge in [-0.1, -0.05) is 24.0 Å². The largest absolute Gasteiger partial charge is 0.392 e. The molecule has 0 heterocycles. The average Bonchev–Trinajstić information content (AvgIpc) is 2.37. The molecule has 1 N–H and O–H groups in total. The van der Waals surface area contributed by atoms with Gasteiger partial charge in [0.1, 0.15) is 4.32 Å². The molecule has 4 nitrogen and oxygen atoms in total. The van der Waals surface area contributed by atoms with Crippen LogP contribution in [-0.4, -0.2) is 52.7 Å². The molecule has 1 aromatic rings. The van der Waals surface area contributed by atoms with Crippen molar-refractivity contribution >= 4 is 45.3 Å². The number of amides is 1. The summed E-state index contributed by atoms with van der Waals surface area (Å²) in [6.45, 7) is -0.0627. The van der Waals surface area contributed by atoms with E-state index in [0.29, 0.717) is 0 Å². The first kappa shape index (κ1) is 17.3. The van der Waals surface area contributed by atoms with Crippen LogP contribution in [0, 0.1) is 0 Å². The third kappa shape index (κ3) is 5.32. The summed E-state index contributed by atoms with van der Waals surface area (Å²) in [5.41, 5.74) is 0.769. The van der Waals surface area contributed by atoms with E-state index in [1.807, 2.05) is 37.2 Å². The summed E-state index contributed by atoms with van der Waals surface area (Å²) in [5.74, 6) is 0. The molecule has 1 amide bonds. The second kappa shape index (κ2) is 7.87. The van der Waals surface area contributed by atoms with Gasteiger partial charge in [-0.25, -0.2) is 0 Å². The molecular formula is C13H18N2O2S3. The Morgan fingerprint density at radius 3 is 2.10 bits per heavy atom. The fraction of sp³-hybridized carbons (Fsp3) is 0.385. The molecule has 0 spiro atoms. The Bertz CT molecular complexity index is 464. The lowest BCUT2D eigenvalue weighted by molar-refractivity contribution is 0.241. The van der Waals surface area contributed by atoms with Crippen LogP contribution in [0.15, 0.2) is 28.0 Å². The lowest BCUT2D eigenvalue weighted by Crippen LogP contribution is -2.16. The van der Waals surface area contributed by atoms with Crippen LogP contribution >= 0.6 is 35.7 Å². The van der Waals surface area contributed by atoms with Crippen LogP contribution in [0.25, 0.3) is 0 Å². The van der Waals surface area contributed by atoms with Crippen LogP contribution in [0.3, 0.4) is 0 Å². The number of hydrogen-bond acceptors (Lipinski definition) is 5. The first-order valence-corrected chi connectivity index (χ1v) is 7.90. The van der Waals surface area contributed by atoms with E-state index in [-0.39, 0.29) is 11.8 Å². The normalized spacial score (nSPS) is 10.2. The van der Waals surface area contributed by atoms with Gasteiger partial charge >= 0.3 is 0 Å². The molecule has 7 heteroatoms. The molecule has 1 rings (SSSR count). The van der Waals surface area contributed by atoms with Crippen LogP contribution in [0.4, 0.5) is 4.79 Å². The van der Waals surface area contributed by atoms with Crippen molar-refractivity contribution in [2.75, 3.05) is 28.2 Å². The maximum absolute atomic E-state index is 11.7. The Kier molecular flexibility index (Phi) is 6.81. The van der Waals surface area contributed by atoms with Crippen molar-refractivity contribution in [3.05, 3.63) is 23.8 Å². The molecule has 0 aliphatic carbocycles. The lowest BCUT2D eigenvalue weighted by atomic mass is 10.2. The molecule has 0 aliphatic rings. The van der Waals surface area contributed by atoms with E-state index < -0.39 is 0 Å². The fourth-order valence-corrected chi connectivity index (χ4v) is 3.15. The summed E-state index contributed by atoms with van der Waals surface area (Å²) in [6, 6.07) is 5.60. The van der Waals surface area contributed by atoms with E-state index in [4.69, 9.17) is 12.2 Å². The minimum Gasteiger partial charge on any atom is -0.392 e. The second-order valence-corrected chi connectivity index (χ2v) is 7.23. The van der Waals surface area contributed by atoms with Gasteiger partial charge in [0, 0.05) is 38.0 Å². The zero-order valence-corrected chi connectivity index (χ0v) is 14.4. The smallest absolute Gasteiger partial charge is 0.285 e. The van der Waals surface area contributed by atoms with Gasteiger partial charge in [0.15, 0.2) is 0 Å². The van der Waals surface area contributed by atoms with Crippen molar-refractivity contribution in [1.82, 2.24) is 9.80 Å². The Morgan fingerprint density at radius 2 is 1.65 bits per heavy atom. The highest BCUT2D eigenvalue weighted by atomic mass is 32.2. The van der Waals surface area contributed by atoms with Crippen molar-refractivity contribution in [3.8, 4) is 0 Å². The molecule has 0 saturated heterocycles. The molecular weight excluding hydrogens is 312 g/mol. The molecule has 20 heavy (non-hydrogen) atoms. The van der Waals surface area contributed by atoms with Crippen molar-refractivity contribution in [3.63, 3.8) is 0 Å². The van der Waals surface area contributed by atoms with Gasteiger partial charge in [0.05, 0.1) is 6.61 Å². The van der Waals surface area contributed by atoms with Crippen LogP contribution in [0.1, 0.15) is 5.56 Å². The van der Waals surface area contributed by atoms with E-state index in [9.17, 15) is 9.90 Å². The minimum absolute atomic E-state index is 0.0498. The second-order valence-electron chi connectivity index (χ2n) is 4.50. The first-order chi connectivity index (χ1) is 9.33. The number of rotatable bonds is 3. The Balaban J connectivity index is 2.96. The van der Waals surface area contributed by atoms with Gasteiger partial charge in [-0.05, 0) is 35.5 Å². The number of carbonyl (C=O) groups is 1. The number of nitrogens with zero attached hydrogens (tertiary/aromatic N) is 2. The van der Waals surface area contributed by atoms with Crippen LogP contribution in [-0.2, 0) is 6.61 Å². The highest BCUT2D eigenvalue weighted by molar-refractivity contribution is 8.23. The summed E-state index contributed by atoms with van der Waals surface area (Å²) in [6.07, 6.45) is 0. The summed E-state index contributed by atoms with van der Waals surface area (Å²) in [5, 5.41) is 9.27. The molecule has 0 aromatic heterocycles. The highest BCUT2D eigenvalue weighted by Gasteiger charge is 2.10. The van der Waals surface area contributed by atoms with Crippen molar-refractivity contribution in [2.45, 2.75) is 16.4 Å². The Labute approximate surface area is 133 Å². The van der Waals surface area contributed by atoms with Gasteiger partial charge < -0.3 is 14.9 Å². The van der Waals surface area contributed by atoms with Crippen molar-refractivity contribution in [1.29, 1.82) is 0 Å². The number of thiocarbonyl (C=S) groups is 1. The predicted molar refractivity (Wildman–Crippen MR) is 89.4 cm³/mol. The van der Waals surface area contributed by atoms with Crippen molar-refractivity contribution < 1.29 is 9.90 Å². The minimum atomic E-state index is -0.0627. The number of hydrogen-bond donors (Lipinski definition) is 1. The molecule has 0 bridgehead atoms. The highest BCUT2D eigenvalue weighted by Crippen LogP contribution is 2.29. The standard InChI is InChI=1S/C13H18N2O2S3/c1-14(2)12(17)19-10-5-9(8-16)6-11(7-10)20-13(18)15(3)4/h5-7,16H,8H2,1-4H3. The zero-order chi connectivity index (χ0) is 15.3. The van der Waals surface area contributed by atoms with Gasteiger partial charge in [-0.2, -0.15) is 0 Å². The van der Waals surface area contributed by atoms with Gasteiger partial charge in [0.2, 0.25) is 0 Å². The van der Waals surface area contributed by atoms with E-state index in [2.05, 4.69) is 0 Å². The topological polar surface area (TPSA) is 43.8 Å². The monoisotopic (exact) mass is 330 g/mol. The molecule has 1 aromatic carbocycles. The number of aliphatic hydroxyl groups excluding tert-OH is 1. The van der Waals surface area contributed by atoms with Gasteiger partial charge in [0.25, 0.3) is 5.24 Å². The molecule has 0 radical (unpaired) electrons. The number of carbonyl (C=O) groups excluding carboxylic acids is 1. The third-order valence-electron chi connectivity index (χ3n) is 2.26. The van der Waals surface area contributed by atoms with E-state index in [1.54, 1.807) is 14.1 Å². The first-order valence-electron chi connectivity index (χ1n) is 5.86. The van der Waals surface area contributed by atoms with Crippen LogP contribution in [0.5, 0.6) is 0 Å². The van der Waals surface area contributed by atoms with E-state index in [1.165, 1.54) is 16.7 Å². The fourth-order valence-electron chi connectivity index (χ4n) is 1.22. The lowest BCUT2D eigenvalue weighted by Gasteiger charge is -2.14. The van der Waals surface area contributed by atoms with E-state index >= 15 is 0 Å². The summed E-state index contributed by atoms with van der Waals surface area (Å²) < 4.78 is 0.731. The summed E-state index contributed by atoms with van der Waals surface area (Å²) in [4.78, 5) is 16.8. The zero-order valence-electron chi connectivity index (χ0n) is 11.9. The summed E-state index contributed by atoms with van der Waals surface area (Å²) >= 11 is 7.83. The quantitative estimate of drug-likeness (QED) is 0.679. The van der Waals surface area contributed by atoms with Gasteiger partial charge in [-0.3, -0.25) is 4.79 Å². The maximum atomic E-state index is 11.7. The molecule has 0 fully saturated rings. The summed E-state index contributed by atoms with van der Waals surface area (Å²) in [7, 11) is 7.19. The number of aliphatic hydroxyl groups is 1. The number of thioether (sulfide) groups is 2. The predicted octanol–water partition coefficient (Wildman–Crippen LogP) is 2.89. The SMILES string of the molecule is CN(C)C(=O)Sc1cc(CO)cc(SC(=S)N(C)C)c1. The maximum Gasteiger partial charge on any atom is 0.285 e. The Morgan fingerprint density at radius 1 is 1.10 bits per heavy atom.